The van der Waals surface area contributed by atoms with Crippen LogP contribution >= 0.6 is 15.9 Å². The van der Waals surface area contributed by atoms with E-state index in [1.54, 1.807) is 0 Å². The summed E-state index contributed by atoms with van der Waals surface area (Å²) in [6.07, 6.45) is 1.07. The van der Waals surface area contributed by atoms with Gasteiger partial charge in [-0.15, -0.1) is 0 Å². The summed E-state index contributed by atoms with van der Waals surface area (Å²) >= 11 is 3.47. The van der Waals surface area contributed by atoms with Crippen LogP contribution in [0.4, 0.5) is 0 Å². The quantitative estimate of drug-likeness (QED) is 0.880. The van der Waals surface area contributed by atoms with Crippen molar-refractivity contribution in [2.24, 2.45) is 0 Å². The topological polar surface area (TPSA) is 12.0 Å². The van der Waals surface area contributed by atoms with Crippen molar-refractivity contribution in [1.82, 2.24) is 5.32 Å². The molecule has 0 aliphatic heterocycles. The molecule has 1 atom stereocenters. The predicted octanol–water partition coefficient (Wildman–Crippen LogP) is 3.99. The molecule has 0 saturated heterocycles. The van der Waals surface area contributed by atoms with Gasteiger partial charge in [0.15, 0.2) is 0 Å². The van der Waals surface area contributed by atoms with Gasteiger partial charge in [0.25, 0.3) is 0 Å². The van der Waals surface area contributed by atoms with Gasteiger partial charge in [0, 0.05) is 16.9 Å². The van der Waals surface area contributed by atoms with E-state index in [0.717, 1.165) is 17.4 Å². The first-order chi connectivity index (χ1) is 8.79. The molecule has 1 N–H and O–H groups in total. The van der Waals surface area contributed by atoms with Gasteiger partial charge in [-0.05, 0) is 36.7 Å². The van der Waals surface area contributed by atoms with E-state index in [4.69, 9.17) is 0 Å². The zero-order chi connectivity index (χ0) is 12.8. The highest BCUT2D eigenvalue weighted by Crippen LogP contribution is 2.21. The molecular weight excluding hydrogens is 286 g/mol. The molecule has 0 amide bonds. The lowest BCUT2D eigenvalue weighted by Crippen LogP contribution is -2.19. The van der Waals surface area contributed by atoms with Crippen molar-refractivity contribution < 1.29 is 0 Å². The number of benzene rings is 2. The van der Waals surface area contributed by atoms with Gasteiger partial charge in [-0.3, -0.25) is 0 Å². The summed E-state index contributed by atoms with van der Waals surface area (Å²) in [7, 11) is 2.01. The first-order valence-corrected chi connectivity index (χ1v) is 7.03. The Morgan fingerprint density at radius 1 is 1.00 bits per heavy atom. The molecule has 0 aromatic heterocycles. The number of rotatable bonds is 5. The Labute approximate surface area is 117 Å². The van der Waals surface area contributed by atoms with E-state index in [2.05, 4.69) is 75.8 Å². The second-order valence-corrected chi connectivity index (χ2v) is 5.41. The third-order valence-corrected chi connectivity index (χ3v) is 3.65. The van der Waals surface area contributed by atoms with Crippen LogP contribution in [0, 0.1) is 0 Å². The van der Waals surface area contributed by atoms with Crippen LogP contribution in [0.15, 0.2) is 59.1 Å². The minimum atomic E-state index is 0.525. The minimum absolute atomic E-state index is 0.525. The first-order valence-electron chi connectivity index (χ1n) is 6.23. The van der Waals surface area contributed by atoms with Gasteiger partial charge in [0.2, 0.25) is 0 Å². The van der Waals surface area contributed by atoms with Gasteiger partial charge < -0.3 is 5.32 Å². The van der Waals surface area contributed by atoms with Crippen molar-refractivity contribution in [3.63, 3.8) is 0 Å². The number of hydrogen-bond donors (Lipinski definition) is 1. The first kappa shape index (κ1) is 13.3. The lowest BCUT2D eigenvalue weighted by Gasteiger charge is -2.17. The summed E-state index contributed by atoms with van der Waals surface area (Å²) in [5.41, 5.74) is 2.78. The Kier molecular flexibility index (Phi) is 4.97. The van der Waals surface area contributed by atoms with E-state index in [9.17, 15) is 0 Å². The van der Waals surface area contributed by atoms with Gasteiger partial charge >= 0.3 is 0 Å². The third kappa shape index (κ3) is 3.69. The van der Waals surface area contributed by atoms with E-state index in [1.165, 1.54) is 11.1 Å². The third-order valence-electron chi connectivity index (χ3n) is 3.12. The normalized spacial score (nSPS) is 12.3. The summed E-state index contributed by atoms with van der Waals surface area (Å²) in [5, 5.41) is 3.29. The standard InChI is InChI=1S/C16H18BrN/c1-18-12-15(14-5-3-2-4-6-14)11-13-7-9-16(17)10-8-13/h2-10,15,18H,11-12H2,1H3. The lowest BCUT2D eigenvalue weighted by molar-refractivity contribution is 0.626. The van der Waals surface area contributed by atoms with Crippen LogP contribution in [-0.4, -0.2) is 13.6 Å². The molecule has 94 valence electrons. The largest absolute Gasteiger partial charge is 0.319 e. The fourth-order valence-corrected chi connectivity index (χ4v) is 2.45. The number of halogens is 1. The molecule has 1 unspecified atom stereocenters. The van der Waals surface area contributed by atoms with Crippen LogP contribution in [0.3, 0.4) is 0 Å². The molecule has 2 heteroatoms. The minimum Gasteiger partial charge on any atom is -0.319 e. The molecule has 0 aliphatic rings. The number of likely N-dealkylation sites (N-methyl/N-ethyl adjacent to an activating group) is 1. The molecule has 2 rings (SSSR count). The molecule has 0 radical (unpaired) electrons. The second kappa shape index (κ2) is 6.72. The SMILES string of the molecule is CNCC(Cc1ccc(Br)cc1)c1ccccc1. The van der Waals surface area contributed by atoms with Crippen molar-refractivity contribution in [3.8, 4) is 0 Å². The Morgan fingerprint density at radius 2 is 1.67 bits per heavy atom. The number of hydrogen-bond acceptors (Lipinski definition) is 1. The van der Waals surface area contributed by atoms with Gasteiger partial charge in [-0.1, -0.05) is 58.4 Å². The van der Waals surface area contributed by atoms with Crippen molar-refractivity contribution in [2.75, 3.05) is 13.6 Å². The van der Waals surface area contributed by atoms with Crippen LogP contribution in [0.5, 0.6) is 0 Å². The van der Waals surface area contributed by atoms with E-state index in [-0.39, 0.29) is 0 Å². The molecule has 18 heavy (non-hydrogen) atoms. The summed E-state index contributed by atoms with van der Waals surface area (Å²) in [6.45, 7) is 1.00. The van der Waals surface area contributed by atoms with Crippen LogP contribution in [0.25, 0.3) is 0 Å². The smallest absolute Gasteiger partial charge is 0.0175 e. The van der Waals surface area contributed by atoms with Crippen LogP contribution < -0.4 is 5.32 Å². The Hall–Kier alpha value is -1.12. The monoisotopic (exact) mass is 303 g/mol. The molecule has 0 aliphatic carbocycles. The van der Waals surface area contributed by atoms with Gasteiger partial charge in [0.1, 0.15) is 0 Å². The summed E-state index contributed by atoms with van der Waals surface area (Å²) in [6, 6.07) is 19.3. The van der Waals surface area contributed by atoms with E-state index >= 15 is 0 Å². The second-order valence-electron chi connectivity index (χ2n) is 4.50. The summed E-state index contributed by atoms with van der Waals surface area (Å²) in [4.78, 5) is 0. The van der Waals surface area contributed by atoms with Crippen molar-refractivity contribution >= 4 is 15.9 Å². The molecule has 0 fully saturated rings. The predicted molar refractivity (Wildman–Crippen MR) is 81.0 cm³/mol. The summed E-state index contributed by atoms with van der Waals surface area (Å²) < 4.78 is 1.14. The highest BCUT2D eigenvalue weighted by Gasteiger charge is 2.11. The maximum absolute atomic E-state index is 3.47. The molecule has 0 spiro atoms. The Balaban J connectivity index is 2.14. The highest BCUT2D eigenvalue weighted by molar-refractivity contribution is 9.10. The van der Waals surface area contributed by atoms with E-state index in [1.807, 2.05) is 7.05 Å². The van der Waals surface area contributed by atoms with Crippen LogP contribution in [0.2, 0.25) is 0 Å². The molecular formula is C16H18BrN. The lowest BCUT2D eigenvalue weighted by atomic mass is 9.92. The fourth-order valence-electron chi connectivity index (χ4n) is 2.18. The fraction of sp³-hybridized carbons (Fsp3) is 0.250. The molecule has 1 nitrogen and oxygen atoms in total. The maximum Gasteiger partial charge on any atom is 0.0175 e. The molecule has 2 aromatic rings. The van der Waals surface area contributed by atoms with Crippen molar-refractivity contribution in [2.45, 2.75) is 12.3 Å². The average molecular weight is 304 g/mol. The average Bonchev–Trinajstić information content (AvgIpc) is 2.42. The molecule has 0 saturated carbocycles. The van der Waals surface area contributed by atoms with Gasteiger partial charge in [-0.25, -0.2) is 0 Å². The van der Waals surface area contributed by atoms with Crippen LogP contribution in [-0.2, 0) is 6.42 Å². The zero-order valence-corrected chi connectivity index (χ0v) is 12.2. The Bertz CT molecular complexity index is 464. The van der Waals surface area contributed by atoms with Crippen molar-refractivity contribution in [3.05, 3.63) is 70.2 Å². The summed E-state index contributed by atoms with van der Waals surface area (Å²) in [5.74, 6) is 0.525. The molecule has 2 aromatic carbocycles. The molecule has 0 bridgehead atoms. The Morgan fingerprint density at radius 3 is 2.28 bits per heavy atom. The highest BCUT2D eigenvalue weighted by atomic mass is 79.9. The van der Waals surface area contributed by atoms with Crippen LogP contribution in [0.1, 0.15) is 17.0 Å². The van der Waals surface area contributed by atoms with E-state index < -0.39 is 0 Å². The molecule has 0 heterocycles. The van der Waals surface area contributed by atoms with Crippen molar-refractivity contribution in [1.29, 1.82) is 0 Å². The van der Waals surface area contributed by atoms with Gasteiger partial charge in [-0.2, -0.15) is 0 Å². The van der Waals surface area contributed by atoms with Gasteiger partial charge in [0.05, 0.1) is 0 Å². The zero-order valence-electron chi connectivity index (χ0n) is 10.6. The maximum atomic E-state index is 3.47. The van der Waals surface area contributed by atoms with E-state index in [0.29, 0.717) is 5.92 Å². The number of nitrogens with one attached hydrogen (secondary N) is 1.